The smallest absolute Gasteiger partial charge is 0.0512 e. The highest BCUT2D eigenvalue weighted by Gasteiger charge is 2.43. The summed E-state index contributed by atoms with van der Waals surface area (Å²) in [5.41, 5.74) is 16.8. The molecule has 12 rings (SSSR count). The van der Waals surface area contributed by atoms with Gasteiger partial charge in [0.05, 0.1) is 5.69 Å². The van der Waals surface area contributed by atoms with Gasteiger partial charge in [-0.15, -0.1) is 0 Å². The van der Waals surface area contributed by atoms with Crippen molar-refractivity contribution in [1.82, 2.24) is 0 Å². The first-order chi connectivity index (χ1) is 31.1. The Kier molecular flexibility index (Phi) is 8.69. The summed E-state index contributed by atoms with van der Waals surface area (Å²) in [7, 11) is 0. The number of nitrogens with zero attached hydrogens (tertiary/aromatic N) is 1. The van der Waals surface area contributed by atoms with Gasteiger partial charge < -0.3 is 4.90 Å². The topological polar surface area (TPSA) is 3.24 Å². The molecular weight excluding hydrogens is 759 g/mol. The van der Waals surface area contributed by atoms with E-state index in [1.807, 2.05) is 0 Å². The maximum Gasteiger partial charge on any atom is 0.0512 e. The van der Waals surface area contributed by atoms with Crippen molar-refractivity contribution >= 4 is 49.4 Å². The summed E-state index contributed by atoms with van der Waals surface area (Å²) >= 11 is 0. The Bertz CT molecular complexity index is 3500. The van der Waals surface area contributed by atoms with Crippen LogP contribution in [0, 0.1) is 0 Å². The zero-order chi connectivity index (χ0) is 41.9. The second-order valence-electron chi connectivity index (χ2n) is 16.9. The van der Waals surface area contributed by atoms with Crippen molar-refractivity contribution in [2.24, 2.45) is 0 Å². The molecule has 296 valence electrons. The molecule has 1 aliphatic rings. The van der Waals surface area contributed by atoms with E-state index < -0.39 is 5.41 Å². The SMILES string of the molecule is CC1(c2ccccc2)c2ccccc2-c2cccc(N(c3ccc4cc(-c5ccccc5)ccc4c3)c3ccc4c(c3)c(-c3ccccc3)c(-c3ccccc3)c3ccccc34)c21. The molecule has 63 heavy (non-hydrogen) atoms. The Morgan fingerprint density at radius 3 is 1.59 bits per heavy atom. The van der Waals surface area contributed by atoms with Crippen molar-refractivity contribution in [3.63, 3.8) is 0 Å². The number of rotatable bonds is 7. The van der Waals surface area contributed by atoms with Gasteiger partial charge in [-0.1, -0.05) is 206 Å². The second-order valence-corrected chi connectivity index (χ2v) is 16.9. The highest BCUT2D eigenvalue weighted by molar-refractivity contribution is 6.22. The minimum absolute atomic E-state index is 0.411. The molecule has 1 nitrogen and oxygen atoms in total. The van der Waals surface area contributed by atoms with Crippen LogP contribution in [0.15, 0.2) is 243 Å². The molecule has 0 spiro atoms. The van der Waals surface area contributed by atoms with Crippen molar-refractivity contribution < 1.29 is 0 Å². The Balaban J connectivity index is 1.17. The fraction of sp³-hybridized carbons (Fsp3) is 0.0323. The maximum absolute atomic E-state index is 2.53. The predicted molar refractivity (Wildman–Crippen MR) is 267 cm³/mol. The van der Waals surface area contributed by atoms with E-state index in [9.17, 15) is 0 Å². The Morgan fingerprint density at radius 1 is 0.333 bits per heavy atom. The molecule has 1 unspecified atom stereocenters. The van der Waals surface area contributed by atoms with Crippen LogP contribution in [0.25, 0.3) is 76.8 Å². The summed E-state index contributed by atoms with van der Waals surface area (Å²) < 4.78 is 0. The van der Waals surface area contributed by atoms with Crippen LogP contribution in [0.5, 0.6) is 0 Å². The van der Waals surface area contributed by atoms with E-state index in [0.29, 0.717) is 0 Å². The van der Waals surface area contributed by atoms with Crippen molar-refractivity contribution in [1.29, 1.82) is 0 Å². The molecule has 0 saturated carbocycles. The van der Waals surface area contributed by atoms with Crippen LogP contribution in [0.4, 0.5) is 17.1 Å². The first-order valence-electron chi connectivity index (χ1n) is 21.9. The zero-order valence-electron chi connectivity index (χ0n) is 35.0. The van der Waals surface area contributed by atoms with Crippen LogP contribution in [0.3, 0.4) is 0 Å². The molecule has 11 aromatic rings. The predicted octanol–water partition coefficient (Wildman–Crippen LogP) is 17.0. The number of hydrogen-bond donors (Lipinski definition) is 0. The van der Waals surface area contributed by atoms with Crippen LogP contribution in [0.1, 0.15) is 23.6 Å². The summed E-state index contributed by atoms with van der Waals surface area (Å²) in [4.78, 5) is 2.53. The van der Waals surface area contributed by atoms with Crippen LogP contribution < -0.4 is 4.90 Å². The first kappa shape index (κ1) is 36.8. The lowest BCUT2D eigenvalue weighted by molar-refractivity contribution is 0.714. The number of benzene rings is 11. The minimum atomic E-state index is -0.411. The van der Waals surface area contributed by atoms with Gasteiger partial charge in [-0.3, -0.25) is 0 Å². The van der Waals surface area contributed by atoms with Crippen molar-refractivity contribution in [2.75, 3.05) is 4.90 Å². The van der Waals surface area contributed by atoms with Gasteiger partial charge in [0.1, 0.15) is 0 Å². The molecular formula is C62H43N. The highest BCUT2D eigenvalue weighted by Crippen LogP contribution is 2.57. The van der Waals surface area contributed by atoms with E-state index in [2.05, 4.69) is 254 Å². The lowest BCUT2D eigenvalue weighted by Crippen LogP contribution is -2.25. The third-order valence-corrected chi connectivity index (χ3v) is 13.5. The molecule has 0 bridgehead atoms. The van der Waals surface area contributed by atoms with Gasteiger partial charge in [0.15, 0.2) is 0 Å². The van der Waals surface area contributed by atoms with Gasteiger partial charge in [0.2, 0.25) is 0 Å². The molecule has 0 N–H and O–H groups in total. The van der Waals surface area contributed by atoms with E-state index in [-0.39, 0.29) is 0 Å². The summed E-state index contributed by atoms with van der Waals surface area (Å²) in [5.74, 6) is 0. The molecule has 0 aromatic heterocycles. The maximum atomic E-state index is 2.53. The normalized spacial score (nSPS) is 14.2. The van der Waals surface area contributed by atoms with Crippen molar-refractivity contribution in [3.05, 3.63) is 259 Å². The molecule has 11 aromatic carbocycles. The summed E-state index contributed by atoms with van der Waals surface area (Å²) in [6.07, 6.45) is 0. The fourth-order valence-corrected chi connectivity index (χ4v) is 10.6. The molecule has 0 radical (unpaired) electrons. The quantitative estimate of drug-likeness (QED) is 0.145. The number of fused-ring (bicyclic) bond motifs is 7. The minimum Gasteiger partial charge on any atom is -0.310 e. The van der Waals surface area contributed by atoms with E-state index >= 15 is 0 Å². The number of hydrogen-bond acceptors (Lipinski definition) is 1. The van der Waals surface area contributed by atoms with E-state index in [1.165, 1.54) is 99.2 Å². The zero-order valence-corrected chi connectivity index (χ0v) is 35.0. The molecule has 1 atom stereocenters. The highest BCUT2D eigenvalue weighted by atomic mass is 15.1. The number of anilines is 3. The third-order valence-electron chi connectivity index (χ3n) is 13.5. The monoisotopic (exact) mass is 801 g/mol. The van der Waals surface area contributed by atoms with E-state index in [1.54, 1.807) is 0 Å². The van der Waals surface area contributed by atoms with Crippen molar-refractivity contribution in [2.45, 2.75) is 12.3 Å². The van der Waals surface area contributed by atoms with Gasteiger partial charge >= 0.3 is 0 Å². The Morgan fingerprint density at radius 2 is 0.857 bits per heavy atom. The molecule has 1 aliphatic carbocycles. The molecule has 1 heteroatoms. The molecule has 0 heterocycles. The average molecular weight is 802 g/mol. The van der Waals surface area contributed by atoms with E-state index in [0.717, 1.165) is 11.4 Å². The van der Waals surface area contributed by atoms with Crippen LogP contribution in [0.2, 0.25) is 0 Å². The van der Waals surface area contributed by atoms with Gasteiger partial charge in [0.25, 0.3) is 0 Å². The molecule has 0 aliphatic heterocycles. The Hall–Kier alpha value is -8.00. The second kappa shape index (κ2) is 14.9. The van der Waals surface area contributed by atoms with Crippen molar-refractivity contribution in [3.8, 4) is 44.5 Å². The third kappa shape index (κ3) is 5.92. The first-order valence-corrected chi connectivity index (χ1v) is 21.9. The average Bonchev–Trinajstić information content (AvgIpc) is 3.63. The van der Waals surface area contributed by atoms with E-state index in [4.69, 9.17) is 0 Å². The summed E-state index contributed by atoms with van der Waals surface area (Å²) in [6.45, 7) is 2.42. The Labute approximate surface area is 368 Å². The lowest BCUT2D eigenvalue weighted by atomic mass is 9.73. The van der Waals surface area contributed by atoms with Crippen LogP contribution in [-0.4, -0.2) is 0 Å². The summed E-state index contributed by atoms with van der Waals surface area (Å²) in [5, 5.41) is 7.36. The standard InChI is InChI=1S/C62H43N/c1-62(48-25-12-5-13-26-48)57-31-17-16-28-53(57)55-30-18-32-58(61(55)62)63(49-36-35-46-39-45(33-34-47(46)40-49)42-19-6-2-7-20-42)50-37-38-52-51-27-14-15-29-54(51)59(43-21-8-3-9-22-43)60(56(52)41-50)44-23-10-4-11-24-44/h2-41H,1H3. The fourth-order valence-electron chi connectivity index (χ4n) is 10.6. The molecule has 0 fully saturated rings. The van der Waals surface area contributed by atoms with Crippen LogP contribution in [-0.2, 0) is 5.41 Å². The molecule has 0 amide bonds. The van der Waals surface area contributed by atoms with Crippen LogP contribution >= 0.6 is 0 Å². The van der Waals surface area contributed by atoms with Gasteiger partial charge in [-0.05, 0) is 137 Å². The summed E-state index contributed by atoms with van der Waals surface area (Å²) in [6, 6.07) is 89.5. The largest absolute Gasteiger partial charge is 0.310 e. The van der Waals surface area contributed by atoms with Gasteiger partial charge in [-0.25, -0.2) is 0 Å². The molecule has 0 saturated heterocycles. The van der Waals surface area contributed by atoms with Gasteiger partial charge in [0, 0.05) is 16.8 Å². The lowest BCUT2D eigenvalue weighted by Gasteiger charge is -2.35. The van der Waals surface area contributed by atoms with Gasteiger partial charge in [-0.2, -0.15) is 0 Å².